The number of nitrogens with one attached hydrogen (secondary N) is 1. The molecule has 0 aliphatic heterocycles. The Balaban J connectivity index is 2.24. The summed E-state index contributed by atoms with van der Waals surface area (Å²) in [7, 11) is 0. The van der Waals surface area contributed by atoms with Crippen LogP contribution in [0.5, 0.6) is 5.75 Å². The van der Waals surface area contributed by atoms with Crippen molar-refractivity contribution in [3.63, 3.8) is 0 Å². The van der Waals surface area contributed by atoms with E-state index >= 15 is 0 Å². The normalized spacial score (nSPS) is 11.6. The van der Waals surface area contributed by atoms with Crippen molar-refractivity contribution in [3.05, 3.63) is 63.1 Å². The molecule has 0 unspecified atom stereocenters. The van der Waals surface area contributed by atoms with Gasteiger partial charge < -0.3 is 15.0 Å². The maximum absolute atomic E-state index is 13.2. The van der Waals surface area contributed by atoms with Crippen molar-refractivity contribution in [1.82, 2.24) is 10.2 Å². The van der Waals surface area contributed by atoms with Gasteiger partial charge in [0.15, 0.2) is 6.61 Å². The Labute approximate surface area is 198 Å². The SMILES string of the molecule is CCCCNC(=O)[C@@H](CC)N(Cc1c(Cl)cccc1Cl)C(=O)COc1cccc(Cl)c1. The van der Waals surface area contributed by atoms with Gasteiger partial charge in [-0.25, -0.2) is 0 Å². The van der Waals surface area contributed by atoms with E-state index < -0.39 is 6.04 Å². The molecule has 2 aromatic carbocycles. The van der Waals surface area contributed by atoms with Gasteiger partial charge in [-0.15, -0.1) is 0 Å². The largest absolute Gasteiger partial charge is 0.484 e. The molecular weight excluding hydrogens is 459 g/mol. The van der Waals surface area contributed by atoms with Crippen molar-refractivity contribution in [2.45, 2.75) is 45.7 Å². The zero-order valence-electron chi connectivity index (χ0n) is 17.7. The second kappa shape index (κ2) is 12.8. The van der Waals surface area contributed by atoms with E-state index in [1.807, 2.05) is 13.8 Å². The van der Waals surface area contributed by atoms with Crippen molar-refractivity contribution in [2.24, 2.45) is 0 Å². The van der Waals surface area contributed by atoms with Gasteiger partial charge in [0.05, 0.1) is 0 Å². The lowest BCUT2D eigenvalue weighted by Crippen LogP contribution is -2.50. The molecule has 0 aliphatic carbocycles. The predicted octanol–water partition coefficient (Wildman–Crippen LogP) is 5.75. The number of hydrogen-bond acceptors (Lipinski definition) is 3. The molecule has 0 saturated heterocycles. The van der Waals surface area contributed by atoms with Crippen LogP contribution in [0.15, 0.2) is 42.5 Å². The molecule has 0 saturated carbocycles. The number of carbonyl (C=O) groups excluding carboxylic acids is 2. The first kappa shape index (κ1) is 25.3. The molecule has 5 nitrogen and oxygen atoms in total. The summed E-state index contributed by atoms with van der Waals surface area (Å²) in [6, 6.07) is 11.3. The Morgan fingerprint density at radius 2 is 1.74 bits per heavy atom. The molecule has 2 aromatic rings. The van der Waals surface area contributed by atoms with E-state index in [2.05, 4.69) is 5.32 Å². The van der Waals surface area contributed by atoms with Crippen molar-refractivity contribution in [1.29, 1.82) is 0 Å². The first-order valence-electron chi connectivity index (χ1n) is 10.3. The second-order valence-corrected chi connectivity index (χ2v) is 8.29. The summed E-state index contributed by atoms with van der Waals surface area (Å²) in [5.41, 5.74) is 0.585. The summed E-state index contributed by atoms with van der Waals surface area (Å²) >= 11 is 18.6. The molecular formula is C23H27Cl3N2O3. The molecule has 0 spiro atoms. The third-order valence-corrected chi connectivity index (χ3v) is 5.71. The molecule has 1 N–H and O–H groups in total. The van der Waals surface area contributed by atoms with Gasteiger partial charge in [-0.2, -0.15) is 0 Å². The molecule has 0 bridgehead atoms. The van der Waals surface area contributed by atoms with Crippen LogP contribution in [0.3, 0.4) is 0 Å². The minimum Gasteiger partial charge on any atom is -0.484 e. The average molecular weight is 486 g/mol. The summed E-state index contributed by atoms with van der Waals surface area (Å²) in [4.78, 5) is 27.5. The molecule has 2 rings (SSSR count). The summed E-state index contributed by atoms with van der Waals surface area (Å²) < 4.78 is 5.63. The quantitative estimate of drug-likeness (QED) is 0.412. The van der Waals surface area contributed by atoms with Gasteiger partial charge in [0.25, 0.3) is 5.91 Å². The highest BCUT2D eigenvalue weighted by atomic mass is 35.5. The van der Waals surface area contributed by atoms with Crippen LogP contribution in [0.4, 0.5) is 0 Å². The first-order valence-corrected chi connectivity index (χ1v) is 11.4. The fourth-order valence-electron chi connectivity index (χ4n) is 3.06. The van der Waals surface area contributed by atoms with E-state index in [4.69, 9.17) is 39.5 Å². The monoisotopic (exact) mass is 484 g/mol. The summed E-state index contributed by atoms with van der Waals surface area (Å²) in [5, 5.41) is 4.28. The zero-order valence-corrected chi connectivity index (χ0v) is 19.9. The summed E-state index contributed by atoms with van der Waals surface area (Å²) in [6.07, 6.45) is 2.26. The predicted molar refractivity (Wildman–Crippen MR) is 126 cm³/mol. The summed E-state index contributed by atoms with van der Waals surface area (Å²) in [6.45, 7) is 4.30. The van der Waals surface area contributed by atoms with E-state index in [1.54, 1.807) is 42.5 Å². The molecule has 0 heterocycles. The van der Waals surface area contributed by atoms with Crippen molar-refractivity contribution in [3.8, 4) is 5.75 Å². The van der Waals surface area contributed by atoms with E-state index in [-0.39, 0.29) is 25.0 Å². The number of amides is 2. The van der Waals surface area contributed by atoms with Crippen LogP contribution in [0, 0.1) is 0 Å². The minimum atomic E-state index is -0.681. The molecule has 31 heavy (non-hydrogen) atoms. The Hall–Kier alpha value is -1.95. The van der Waals surface area contributed by atoms with Crippen molar-refractivity contribution in [2.75, 3.05) is 13.2 Å². The maximum Gasteiger partial charge on any atom is 0.261 e. The van der Waals surface area contributed by atoms with Crippen LogP contribution >= 0.6 is 34.8 Å². The Kier molecular flexibility index (Phi) is 10.4. The molecule has 2 amide bonds. The number of nitrogens with zero attached hydrogens (tertiary/aromatic N) is 1. The molecule has 0 fully saturated rings. The molecule has 0 radical (unpaired) electrons. The van der Waals surface area contributed by atoms with Crippen LogP contribution in [0.2, 0.25) is 15.1 Å². The third kappa shape index (κ3) is 7.60. The Morgan fingerprint density at radius 3 is 2.35 bits per heavy atom. The van der Waals surface area contributed by atoms with E-state index in [9.17, 15) is 9.59 Å². The number of hydrogen-bond donors (Lipinski definition) is 1. The molecule has 8 heteroatoms. The van der Waals surface area contributed by atoms with Gasteiger partial charge in [0, 0.05) is 33.7 Å². The second-order valence-electron chi connectivity index (χ2n) is 7.04. The number of unbranched alkanes of at least 4 members (excludes halogenated alkanes) is 1. The molecule has 168 valence electrons. The van der Waals surface area contributed by atoms with Crippen LogP contribution < -0.4 is 10.1 Å². The van der Waals surface area contributed by atoms with Gasteiger partial charge in [-0.3, -0.25) is 9.59 Å². The van der Waals surface area contributed by atoms with E-state index in [0.29, 0.717) is 39.3 Å². The van der Waals surface area contributed by atoms with Crippen molar-refractivity contribution < 1.29 is 14.3 Å². The summed E-state index contributed by atoms with van der Waals surface area (Å²) in [5.74, 6) is -0.0966. The number of benzene rings is 2. The molecule has 0 aromatic heterocycles. The highest BCUT2D eigenvalue weighted by Gasteiger charge is 2.29. The lowest BCUT2D eigenvalue weighted by atomic mass is 10.1. The van der Waals surface area contributed by atoms with Gasteiger partial charge in [-0.1, -0.05) is 67.2 Å². The maximum atomic E-state index is 13.2. The standard InChI is InChI=1S/C23H27Cl3N2O3/c1-3-5-12-27-23(30)21(4-2)28(14-18-19(25)10-7-11-20(18)26)22(29)15-31-17-9-6-8-16(24)13-17/h6-11,13,21H,3-5,12,14-15H2,1-2H3,(H,27,30)/t21-/m1/s1. The number of ether oxygens (including phenoxy) is 1. The average Bonchev–Trinajstić information content (AvgIpc) is 2.74. The van der Waals surface area contributed by atoms with Gasteiger partial charge in [0.1, 0.15) is 11.8 Å². The molecule has 0 aliphatic rings. The Bertz CT molecular complexity index is 872. The van der Waals surface area contributed by atoms with E-state index in [0.717, 1.165) is 12.8 Å². The number of halogens is 3. The lowest BCUT2D eigenvalue weighted by molar-refractivity contribution is -0.143. The topological polar surface area (TPSA) is 58.6 Å². The minimum absolute atomic E-state index is 0.0932. The lowest BCUT2D eigenvalue weighted by Gasteiger charge is -2.31. The number of carbonyl (C=O) groups is 2. The third-order valence-electron chi connectivity index (χ3n) is 4.76. The Morgan fingerprint density at radius 1 is 1.06 bits per heavy atom. The highest BCUT2D eigenvalue weighted by Crippen LogP contribution is 2.27. The fraction of sp³-hybridized carbons (Fsp3) is 0.391. The fourth-order valence-corrected chi connectivity index (χ4v) is 3.76. The van der Waals surface area contributed by atoms with E-state index in [1.165, 1.54) is 4.90 Å². The first-order chi connectivity index (χ1) is 14.9. The number of rotatable bonds is 11. The zero-order chi connectivity index (χ0) is 22.8. The highest BCUT2D eigenvalue weighted by molar-refractivity contribution is 6.36. The van der Waals surface area contributed by atoms with Gasteiger partial charge in [-0.05, 0) is 43.2 Å². The molecule has 1 atom stereocenters. The van der Waals surface area contributed by atoms with Crippen LogP contribution in [-0.2, 0) is 16.1 Å². The van der Waals surface area contributed by atoms with Crippen LogP contribution in [0.25, 0.3) is 0 Å². The van der Waals surface area contributed by atoms with Crippen molar-refractivity contribution >= 4 is 46.6 Å². The smallest absolute Gasteiger partial charge is 0.261 e. The van der Waals surface area contributed by atoms with Gasteiger partial charge in [0.2, 0.25) is 5.91 Å². The van der Waals surface area contributed by atoms with Gasteiger partial charge >= 0.3 is 0 Å². The van der Waals surface area contributed by atoms with Crippen LogP contribution in [-0.4, -0.2) is 35.9 Å². The van der Waals surface area contributed by atoms with Crippen LogP contribution in [0.1, 0.15) is 38.7 Å².